The maximum absolute atomic E-state index is 12.7. The van der Waals surface area contributed by atoms with Crippen molar-refractivity contribution in [2.45, 2.75) is 24.4 Å². The number of hydrogen-bond donors (Lipinski definition) is 1. The summed E-state index contributed by atoms with van der Waals surface area (Å²) < 4.78 is 2.00. The van der Waals surface area contributed by atoms with Crippen LogP contribution in [0.2, 0.25) is 5.02 Å². The summed E-state index contributed by atoms with van der Waals surface area (Å²) in [6.45, 7) is 1.70. The number of carbonyl (C=O) groups is 1. The molecule has 0 saturated carbocycles. The minimum absolute atomic E-state index is 0.156. The zero-order valence-electron chi connectivity index (χ0n) is 16.9. The number of aromatic nitrogens is 4. The summed E-state index contributed by atoms with van der Waals surface area (Å²) in [7, 11) is 0. The Hall–Kier alpha value is -2.77. The largest absolute Gasteiger partial charge is 0.360 e. The standard InChI is InChI=1S/C23H22ClN5OS/c24-16-8-10-17(11-9-16)29-22(19-14-25-20-7-3-2-6-18(19)20)26-27-23(29)31-15-21(30)28-12-4-1-5-13-28/h2-3,6-11,14,25H,1,4-5,12-13,15H2. The van der Waals surface area contributed by atoms with Crippen LogP contribution in [0.25, 0.3) is 28.0 Å². The van der Waals surface area contributed by atoms with Crippen LogP contribution in [0.1, 0.15) is 19.3 Å². The van der Waals surface area contributed by atoms with Gasteiger partial charge < -0.3 is 9.88 Å². The van der Waals surface area contributed by atoms with Gasteiger partial charge in [-0.1, -0.05) is 41.6 Å². The minimum Gasteiger partial charge on any atom is -0.360 e. The average molecular weight is 452 g/mol. The first-order valence-electron chi connectivity index (χ1n) is 10.4. The van der Waals surface area contributed by atoms with E-state index in [2.05, 4.69) is 21.2 Å². The van der Waals surface area contributed by atoms with Crippen LogP contribution in [-0.4, -0.2) is 49.4 Å². The van der Waals surface area contributed by atoms with E-state index in [1.807, 2.05) is 58.1 Å². The van der Waals surface area contributed by atoms with Gasteiger partial charge >= 0.3 is 0 Å². The second-order valence-electron chi connectivity index (χ2n) is 7.60. The Balaban J connectivity index is 1.51. The third-order valence-electron chi connectivity index (χ3n) is 5.58. The summed E-state index contributed by atoms with van der Waals surface area (Å²) in [5.74, 6) is 1.23. The third kappa shape index (κ3) is 4.07. The Kier molecular flexibility index (Phi) is 5.70. The fraction of sp³-hybridized carbons (Fsp3) is 0.261. The van der Waals surface area contributed by atoms with Gasteiger partial charge in [0.1, 0.15) is 0 Å². The number of carbonyl (C=O) groups excluding carboxylic acids is 1. The fourth-order valence-electron chi connectivity index (χ4n) is 3.98. The number of thioether (sulfide) groups is 1. The number of fused-ring (bicyclic) bond motifs is 1. The molecule has 0 radical (unpaired) electrons. The summed E-state index contributed by atoms with van der Waals surface area (Å²) in [4.78, 5) is 18.0. The van der Waals surface area contributed by atoms with Crippen LogP contribution in [0.5, 0.6) is 0 Å². The van der Waals surface area contributed by atoms with E-state index in [0.29, 0.717) is 15.9 Å². The Morgan fingerprint density at radius 2 is 1.81 bits per heavy atom. The van der Waals surface area contributed by atoms with Crippen molar-refractivity contribution in [1.82, 2.24) is 24.6 Å². The van der Waals surface area contributed by atoms with E-state index in [9.17, 15) is 4.79 Å². The van der Waals surface area contributed by atoms with E-state index >= 15 is 0 Å². The average Bonchev–Trinajstić information content (AvgIpc) is 3.42. The summed E-state index contributed by atoms with van der Waals surface area (Å²) in [5.41, 5.74) is 2.91. The number of aromatic amines is 1. The number of amides is 1. The van der Waals surface area contributed by atoms with Crippen molar-refractivity contribution in [2.75, 3.05) is 18.8 Å². The van der Waals surface area contributed by atoms with Crippen LogP contribution in [-0.2, 0) is 4.79 Å². The van der Waals surface area contributed by atoms with E-state index in [0.717, 1.165) is 53.9 Å². The topological polar surface area (TPSA) is 66.8 Å². The molecule has 0 bridgehead atoms. The Morgan fingerprint density at radius 1 is 1.03 bits per heavy atom. The van der Waals surface area contributed by atoms with Crippen molar-refractivity contribution in [3.63, 3.8) is 0 Å². The van der Waals surface area contributed by atoms with Crippen LogP contribution >= 0.6 is 23.4 Å². The van der Waals surface area contributed by atoms with Gasteiger partial charge in [0.05, 0.1) is 5.75 Å². The molecule has 1 amide bonds. The highest BCUT2D eigenvalue weighted by Gasteiger charge is 2.22. The maximum atomic E-state index is 12.7. The minimum atomic E-state index is 0.156. The molecule has 31 heavy (non-hydrogen) atoms. The first-order valence-corrected chi connectivity index (χ1v) is 11.8. The number of benzene rings is 2. The summed E-state index contributed by atoms with van der Waals surface area (Å²) in [5, 5.41) is 11.4. The quantitative estimate of drug-likeness (QED) is 0.425. The molecular weight excluding hydrogens is 430 g/mol. The van der Waals surface area contributed by atoms with Gasteiger partial charge in [0.2, 0.25) is 5.91 Å². The molecule has 6 nitrogen and oxygen atoms in total. The number of nitrogens with one attached hydrogen (secondary N) is 1. The predicted molar refractivity (Wildman–Crippen MR) is 125 cm³/mol. The molecule has 0 unspecified atom stereocenters. The molecule has 1 fully saturated rings. The molecule has 8 heteroatoms. The molecule has 158 valence electrons. The van der Waals surface area contributed by atoms with Crippen molar-refractivity contribution in [2.24, 2.45) is 0 Å². The van der Waals surface area contributed by atoms with E-state index in [-0.39, 0.29) is 5.91 Å². The van der Waals surface area contributed by atoms with Crippen LogP contribution in [0, 0.1) is 0 Å². The smallest absolute Gasteiger partial charge is 0.233 e. The third-order valence-corrected chi connectivity index (χ3v) is 6.75. The zero-order valence-corrected chi connectivity index (χ0v) is 18.5. The predicted octanol–water partition coefficient (Wildman–Crippen LogP) is 5.17. The highest BCUT2D eigenvalue weighted by molar-refractivity contribution is 7.99. The van der Waals surface area contributed by atoms with Crippen LogP contribution in [0.3, 0.4) is 0 Å². The fourth-order valence-corrected chi connectivity index (χ4v) is 4.96. The van der Waals surface area contributed by atoms with E-state index in [1.165, 1.54) is 18.2 Å². The SMILES string of the molecule is O=C(CSc1nnc(-c2c[nH]c3ccccc23)n1-c1ccc(Cl)cc1)N1CCCCC1. The molecule has 1 saturated heterocycles. The lowest BCUT2D eigenvalue weighted by Crippen LogP contribution is -2.36. The number of piperidine rings is 1. The molecule has 0 aliphatic carbocycles. The Bertz CT molecular complexity index is 1210. The first-order chi connectivity index (χ1) is 15.2. The van der Waals surface area contributed by atoms with E-state index in [4.69, 9.17) is 11.6 Å². The summed E-state index contributed by atoms with van der Waals surface area (Å²) in [6.07, 6.45) is 5.33. The normalized spacial score (nSPS) is 14.3. The van der Waals surface area contributed by atoms with Crippen LogP contribution < -0.4 is 0 Å². The van der Waals surface area contributed by atoms with Gasteiger partial charge in [-0.2, -0.15) is 0 Å². The lowest BCUT2D eigenvalue weighted by atomic mass is 10.1. The van der Waals surface area contributed by atoms with Crippen molar-refractivity contribution in [3.05, 3.63) is 59.8 Å². The van der Waals surface area contributed by atoms with Crippen molar-refractivity contribution >= 4 is 40.2 Å². The highest BCUT2D eigenvalue weighted by atomic mass is 35.5. The van der Waals surface area contributed by atoms with Crippen LogP contribution in [0.4, 0.5) is 0 Å². The van der Waals surface area contributed by atoms with Crippen molar-refractivity contribution in [3.8, 4) is 17.1 Å². The monoisotopic (exact) mass is 451 g/mol. The molecule has 1 N–H and O–H groups in total. The molecule has 2 aromatic carbocycles. The van der Waals surface area contributed by atoms with E-state index < -0.39 is 0 Å². The van der Waals surface area contributed by atoms with Crippen molar-refractivity contribution in [1.29, 1.82) is 0 Å². The van der Waals surface area contributed by atoms with Crippen molar-refractivity contribution < 1.29 is 4.79 Å². The zero-order chi connectivity index (χ0) is 21.2. The molecule has 1 aliphatic rings. The maximum Gasteiger partial charge on any atom is 0.233 e. The molecule has 3 heterocycles. The number of nitrogens with zero attached hydrogens (tertiary/aromatic N) is 4. The number of H-pyrrole nitrogens is 1. The van der Waals surface area contributed by atoms with Gasteiger partial charge in [0.15, 0.2) is 11.0 Å². The lowest BCUT2D eigenvalue weighted by molar-refractivity contribution is -0.129. The number of halogens is 1. The molecule has 0 atom stereocenters. The molecular formula is C23H22ClN5OS. The molecule has 5 rings (SSSR count). The lowest BCUT2D eigenvalue weighted by Gasteiger charge is -2.26. The second kappa shape index (κ2) is 8.77. The Morgan fingerprint density at radius 3 is 2.61 bits per heavy atom. The number of para-hydroxylation sites is 1. The van der Waals surface area contributed by atoms with Gasteiger partial charge in [0, 0.05) is 46.5 Å². The number of likely N-dealkylation sites (tertiary alicyclic amines) is 1. The van der Waals surface area contributed by atoms with Gasteiger partial charge in [-0.15, -0.1) is 10.2 Å². The highest BCUT2D eigenvalue weighted by Crippen LogP contribution is 2.32. The number of hydrogen-bond acceptors (Lipinski definition) is 4. The Labute approximate surface area is 189 Å². The summed E-state index contributed by atoms with van der Waals surface area (Å²) in [6, 6.07) is 15.7. The first kappa shape index (κ1) is 20.2. The number of rotatable bonds is 5. The van der Waals surface area contributed by atoms with Gasteiger partial charge in [-0.05, 0) is 49.6 Å². The van der Waals surface area contributed by atoms with Crippen LogP contribution in [0.15, 0.2) is 59.9 Å². The molecule has 4 aromatic rings. The van der Waals surface area contributed by atoms with E-state index in [1.54, 1.807) is 0 Å². The molecule has 2 aromatic heterocycles. The summed E-state index contributed by atoms with van der Waals surface area (Å²) >= 11 is 7.54. The van der Waals surface area contributed by atoms with Gasteiger partial charge in [0.25, 0.3) is 0 Å². The molecule has 0 spiro atoms. The molecule has 1 aliphatic heterocycles. The van der Waals surface area contributed by atoms with Gasteiger partial charge in [-0.3, -0.25) is 9.36 Å². The second-order valence-corrected chi connectivity index (χ2v) is 8.97. The van der Waals surface area contributed by atoms with Gasteiger partial charge in [-0.25, -0.2) is 0 Å².